The Kier molecular flexibility index (Phi) is 7.25. The van der Waals surface area contributed by atoms with Crippen LogP contribution in [0.15, 0.2) is 18.2 Å². The number of carbonyl (C=O) groups is 1. The zero-order chi connectivity index (χ0) is 19.9. The number of likely N-dealkylation sites (tertiary alicyclic amines) is 1. The maximum Gasteiger partial charge on any atom is 0.270 e. The van der Waals surface area contributed by atoms with Gasteiger partial charge in [-0.2, -0.15) is 0 Å². The third-order valence-electron chi connectivity index (χ3n) is 5.95. The van der Waals surface area contributed by atoms with E-state index in [-0.39, 0.29) is 11.6 Å². The van der Waals surface area contributed by atoms with E-state index >= 15 is 0 Å². The summed E-state index contributed by atoms with van der Waals surface area (Å²) in [5.41, 5.74) is 1.19. The molecular formula is C21H32N4O3. The molecule has 1 N–H and O–H groups in total. The molecule has 3 rings (SSSR count). The largest absolute Gasteiger partial charge is 0.371 e. The lowest BCUT2D eigenvalue weighted by molar-refractivity contribution is -0.384. The fourth-order valence-electron chi connectivity index (χ4n) is 4.13. The second kappa shape index (κ2) is 9.87. The number of amides is 1. The minimum absolute atomic E-state index is 0.0346. The number of nitrogens with zero attached hydrogens (tertiary/aromatic N) is 3. The summed E-state index contributed by atoms with van der Waals surface area (Å²) in [5.74, 6) is 0.470. The van der Waals surface area contributed by atoms with Gasteiger partial charge < -0.3 is 15.1 Å². The van der Waals surface area contributed by atoms with E-state index in [1.165, 1.54) is 31.4 Å². The molecule has 28 heavy (non-hydrogen) atoms. The number of anilines is 1. The van der Waals surface area contributed by atoms with Gasteiger partial charge in [0.2, 0.25) is 0 Å². The van der Waals surface area contributed by atoms with Crippen LogP contribution in [0.25, 0.3) is 0 Å². The van der Waals surface area contributed by atoms with Crippen molar-refractivity contribution in [1.82, 2.24) is 10.2 Å². The highest BCUT2D eigenvalue weighted by Crippen LogP contribution is 2.29. The molecule has 1 aromatic rings. The van der Waals surface area contributed by atoms with Crippen molar-refractivity contribution in [2.24, 2.45) is 5.92 Å². The standard InChI is InChI=1S/C21H32N4O3/c1-17-8-14-24(15-9-17)20-7-6-18(25(27)28)16-19(20)21(26)22-10-5-13-23-11-3-2-4-12-23/h6-7,16-17H,2-5,8-15H2,1H3,(H,22,26). The van der Waals surface area contributed by atoms with E-state index in [1.54, 1.807) is 6.07 Å². The Balaban J connectivity index is 1.62. The number of carbonyl (C=O) groups excluding carboxylic acids is 1. The molecule has 0 atom stereocenters. The highest BCUT2D eigenvalue weighted by atomic mass is 16.6. The number of piperidine rings is 2. The van der Waals surface area contributed by atoms with Gasteiger partial charge >= 0.3 is 0 Å². The van der Waals surface area contributed by atoms with Gasteiger partial charge in [0.15, 0.2) is 0 Å². The minimum atomic E-state index is -0.435. The molecule has 7 heteroatoms. The molecule has 0 unspecified atom stereocenters. The van der Waals surface area contributed by atoms with Crippen molar-refractivity contribution in [3.05, 3.63) is 33.9 Å². The van der Waals surface area contributed by atoms with Crippen LogP contribution in [0.5, 0.6) is 0 Å². The molecule has 2 fully saturated rings. The summed E-state index contributed by atoms with van der Waals surface area (Å²) in [6.45, 7) is 7.89. The summed E-state index contributed by atoms with van der Waals surface area (Å²) in [6.07, 6.45) is 6.90. The number of nitro benzene ring substituents is 1. The van der Waals surface area contributed by atoms with Crippen LogP contribution in [0, 0.1) is 16.0 Å². The minimum Gasteiger partial charge on any atom is -0.371 e. The van der Waals surface area contributed by atoms with Crippen LogP contribution in [-0.4, -0.2) is 55.0 Å². The van der Waals surface area contributed by atoms with Crippen LogP contribution in [-0.2, 0) is 0 Å². The first kappa shape index (κ1) is 20.6. The first-order valence-corrected chi connectivity index (χ1v) is 10.6. The molecule has 0 radical (unpaired) electrons. The van der Waals surface area contributed by atoms with E-state index in [4.69, 9.17) is 0 Å². The molecule has 2 saturated heterocycles. The Labute approximate surface area is 167 Å². The predicted molar refractivity (Wildman–Crippen MR) is 111 cm³/mol. The maximum absolute atomic E-state index is 12.8. The molecule has 2 heterocycles. The zero-order valence-corrected chi connectivity index (χ0v) is 16.9. The Bertz CT molecular complexity index is 680. The molecule has 154 valence electrons. The number of hydrogen-bond donors (Lipinski definition) is 1. The molecule has 1 aromatic carbocycles. The third-order valence-corrected chi connectivity index (χ3v) is 5.95. The van der Waals surface area contributed by atoms with Crippen molar-refractivity contribution < 1.29 is 9.72 Å². The van der Waals surface area contributed by atoms with Gasteiger partial charge in [-0.1, -0.05) is 13.3 Å². The molecule has 7 nitrogen and oxygen atoms in total. The second-order valence-electron chi connectivity index (χ2n) is 8.14. The average molecular weight is 389 g/mol. The van der Waals surface area contributed by atoms with Crippen LogP contribution >= 0.6 is 0 Å². The van der Waals surface area contributed by atoms with Crippen molar-refractivity contribution in [2.75, 3.05) is 44.2 Å². The summed E-state index contributed by atoms with van der Waals surface area (Å²) < 4.78 is 0. The van der Waals surface area contributed by atoms with Crippen LogP contribution < -0.4 is 10.2 Å². The highest BCUT2D eigenvalue weighted by molar-refractivity contribution is 6.00. The van der Waals surface area contributed by atoms with Crippen molar-refractivity contribution in [3.8, 4) is 0 Å². The van der Waals surface area contributed by atoms with Gasteiger partial charge in [-0.25, -0.2) is 0 Å². The molecule has 1 amide bonds. The maximum atomic E-state index is 12.8. The lowest BCUT2D eigenvalue weighted by Crippen LogP contribution is -2.36. The lowest BCUT2D eigenvalue weighted by atomic mass is 9.98. The van der Waals surface area contributed by atoms with Crippen molar-refractivity contribution >= 4 is 17.3 Å². The first-order valence-electron chi connectivity index (χ1n) is 10.6. The molecule has 0 aliphatic carbocycles. The van der Waals surface area contributed by atoms with E-state index in [0.29, 0.717) is 18.0 Å². The van der Waals surface area contributed by atoms with Gasteiger partial charge in [-0.15, -0.1) is 0 Å². The Hall–Kier alpha value is -2.15. The molecule has 0 bridgehead atoms. The number of non-ortho nitro benzene ring substituents is 1. The lowest BCUT2D eigenvalue weighted by Gasteiger charge is -2.33. The Morgan fingerprint density at radius 3 is 2.57 bits per heavy atom. The van der Waals surface area contributed by atoms with Gasteiger partial charge in [0.1, 0.15) is 0 Å². The average Bonchev–Trinajstić information content (AvgIpc) is 2.72. The number of nitrogens with one attached hydrogen (secondary N) is 1. The second-order valence-corrected chi connectivity index (χ2v) is 8.14. The topological polar surface area (TPSA) is 78.7 Å². The van der Waals surface area contributed by atoms with Crippen LogP contribution in [0.3, 0.4) is 0 Å². The number of rotatable bonds is 7. The third kappa shape index (κ3) is 5.44. The highest BCUT2D eigenvalue weighted by Gasteiger charge is 2.23. The van der Waals surface area contributed by atoms with E-state index in [2.05, 4.69) is 22.0 Å². The molecule has 2 aliphatic heterocycles. The van der Waals surface area contributed by atoms with Crippen LogP contribution in [0.4, 0.5) is 11.4 Å². The summed E-state index contributed by atoms with van der Waals surface area (Å²) in [4.78, 5) is 28.2. The number of hydrogen-bond acceptors (Lipinski definition) is 5. The van der Waals surface area contributed by atoms with Crippen molar-refractivity contribution in [3.63, 3.8) is 0 Å². The molecular weight excluding hydrogens is 356 g/mol. The predicted octanol–water partition coefficient (Wildman–Crippen LogP) is 3.44. The van der Waals surface area contributed by atoms with Crippen molar-refractivity contribution in [2.45, 2.75) is 45.4 Å². The van der Waals surface area contributed by atoms with E-state index in [0.717, 1.165) is 57.7 Å². The van der Waals surface area contributed by atoms with Gasteiger partial charge in [-0.05, 0) is 63.7 Å². The fourth-order valence-corrected chi connectivity index (χ4v) is 4.13. The number of benzene rings is 1. The molecule has 2 aliphatic rings. The summed E-state index contributed by atoms with van der Waals surface area (Å²) >= 11 is 0. The zero-order valence-electron chi connectivity index (χ0n) is 16.9. The quantitative estimate of drug-likeness (QED) is 0.440. The van der Waals surface area contributed by atoms with E-state index in [9.17, 15) is 14.9 Å². The smallest absolute Gasteiger partial charge is 0.270 e. The van der Waals surface area contributed by atoms with Gasteiger partial charge in [0.25, 0.3) is 11.6 Å². The molecule has 0 saturated carbocycles. The summed E-state index contributed by atoms with van der Waals surface area (Å²) in [7, 11) is 0. The van der Waals surface area contributed by atoms with Gasteiger partial charge in [0, 0.05) is 31.8 Å². The van der Waals surface area contributed by atoms with Crippen molar-refractivity contribution in [1.29, 1.82) is 0 Å². The molecule has 0 spiro atoms. The Morgan fingerprint density at radius 2 is 1.89 bits per heavy atom. The van der Waals surface area contributed by atoms with E-state index < -0.39 is 4.92 Å². The number of nitro groups is 1. The summed E-state index contributed by atoms with van der Waals surface area (Å²) in [5, 5.41) is 14.2. The van der Waals surface area contributed by atoms with Crippen LogP contribution in [0.2, 0.25) is 0 Å². The monoisotopic (exact) mass is 388 g/mol. The Morgan fingerprint density at radius 1 is 1.18 bits per heavy atom. The van der Waals surface area contributed by atoms with E-state index in [1.807, 2.05) is 0 Å². The molecule has 0 aromatic heterocycles. The SMILES string of the molecule is CC1CCN(c2ccc([N+](=O)[O-])cc2C(=O)NCCCN2CCCCC2)CC1. The van der Waals surface area contributed by atoms with Gasteiger partial charge in [0.05, 0.1) is 16.2 Å². The first-order chi connectivity index (χ1) is 13.5. The normalized spacial score (nSPS) is 18.8. The van der Waals surface area contributed by atoms with Gasteiger partial charge in [-0.3, -0.25) is 14.9 Å². The van der Waals surface area contributed by atoms with Crippen LogP contribution in [0.1, 0.15) is 55.8 Å². The summed E-state index contributed by atoms with van der Waals surface area (Å²) in [6, 6.07) is 4.66. The fraction of sp³-hybridized carbons (Fsp3) is 0.667.